The van der Waals surface area contributed by atoms with Crippen LogP contribution in [0.4, 0.5) is 4.39 Å². The van der Waals surface area contributed by atoms with Crippen molar-refractivity contribution in [3.63, 3.8) is 0 Å². The SMILES string of the molecule is O=C(NC12CC3CC(CC(NCC(=O)N4Cc5ccc(F)cc5C4)(C3)C1)C2)c1ccc(-c2ccccc2)s1. The second kappa shape index (κ2) is 9.02. The summed E-state index contributed by atoms with van der Waals surface area (Å²) in [5.41, 5.74) is 2.73. The Kier molecular flexibility index (Phi) is 5.71. The fourth-order valence-electron chi connectivity index (χ4n) is 8.05. The average Bonchev–Trinajstić information content (AvgIpc) is 3.54. The summed E-state index contributed by atoms with van der Waals surface area (Å²) in [6.07, 6.45) is 6.27. The zero-order chi connectivity index (χ0) is 25.9. The molecule has 2 aromatic carbocycles. The molecule has 4 saturated carbocycles. The molecule has 7 heteroatoms. The second-order valence-electron chi connectivity index (χ2n) is 12.0. The second-order valence-corrected chi connectivity index (χ2v) is 13.1. The van der Waals surface area contributed by atoms with Crippen molar-refractivity contribution in [2.24, 2.45) is 11.8 Å². The molecule has 5 aliphatic rings. The summed E-state index contributed by atoms with van der Waals surface area (Å²) in [5, 5.41) is 7.18. The molecular formula is C31H32FN3O2S. The van der Waals surface area contributed by atoms with E-state index in [0.29, 0.717) is 24.9 Å². The van der Waals surface area contributed by atoms with E-state index in [4.69, 9.17) is 0 Å². The summed E-state index contributed by atoms with van der Waals surface area (Å²) in [6.45, 7) is 1.29. The number of benzene rings is 2. The molecule has 8 rings (SSSR count). The largest absolute Gasteiger partial charge is 0.346 e. The normalized spacial score (nSPS) is 28.9. The maximum Gasteiger partial charge on any atom is 0.261 e. The Morgan fingerprint density at radius 1 is 0.921 bits per heavy atom. The maximum atomic E-state index is 13.6. The lowest BCUT2D eigenvalue weighted by Gasteiger charge is -2.62. The minimum atomic E-state index is -0.254. The van der Waals surface area contributed by atoms with E-state index in [9.17, 15) is 14.0 Å². The summed E-state index contributed by atoms with van der Waals surface area (Å²) in [7, 11) is 0. The first-order valence-electron chi connectivity index (χ1n) is 13.7. The standard InChI is InChI=1S/C31H32FN3O2S/c32-25-7-6-23-17-35(18-24(23)11-25)28(36)16-33-30-12-20-10-21(13-30)15-31(14-20,19-30)34-29(37)27-9-8-26(38-27)22-4-2-1-3-5-22/h1-9,11,20-21,33H,10,12-19H2,(H,34,37). The summed E-state index contributed by atoms with van der Waals surface area (Å²) in [4.78, 5) is 30.3. The van der Waals surface area contributed by atoms with Crippen LogP contribution < -0.4 is 10.6 Å². The smallest absolute Gasteiger partial charge is 0.261 e. The highest BCUT2D eigenvalue weighted by molar-refractivity contribution is 7.17. The van der Waals surface area contributed by atoms with Gasteiger partial charge in [-0.3, -0.25) is 9.59 Å². The van der Waals surface area contributed by atoms with Crippen LogP contribution in [0.1, 0.15) is 59.3 Å². The van der Waals surface area contributed by atoms with Gasteiger partial charge in [-0.05, 0) is 91.3 Å². The number of hydrogen-bond donors (Lipinski definition) is 2. The first kappa shape index (κ1) is 24.0. The van der Waals surface area contributed by atoms with Gasteiger partial charge in [0.25, 0.3) is 5.91 Å². The third-order valence-corrected chi connectivity index (χ3v) is 10.3. The molecule has 4 bridgehead atoms. The molecule has 5 nitrogen and oxygen atoms in total. The molecule has 0 radical (unpaired) electrons. The van der Waals surface area contributed by atoms with Crippen molar-refractivity contribution in [1.29, 1.82) is 0 Å². The Morgan fingerprint density at radius 2 is 1.66 bits per heavy atom. The highest BCUT2D eigenvalue weighted by Gasteiger charge is 2.58. The van der Waals surface area contributed by atoms with Gasteiger partial charge in [-0.2, -0.15) is 0 Å². The van der Waals surface area contributed by atoms with Crippen LogP contribution in [0, 0.1) is 17.7 Å². The zero-order valence-corrected chi connectivity index (χ0v) is 22.2. The van der Waals surface area contributed by atoms with Gasteiger partial charge in [0.15, 0.2) is 0 Å². The Bertz CT molecular complexity index is 1390. The number of halogens is 1. The quantitative estimate of drug-likeness (QED) is 0.443. The van der Waals surface area contributed by atoms with Crippen LogP contribution in [-0.2, 0) is 17.9 Å². The molecule has 2 unspecified atom stereocenters. The Hall–Kier alpha value is -3.03. The van der Waals surface area contributed by atoms with E-state index in [2.05, 4.69) is 22.8 Å². The van der Waals surface area contributed by atoms with Crippen molar-refractivity contribution in [3.8, 4) is 10.4 Å². The number of hydrogen-bond acceptors (Lipinski definition) is 4. The monoisotopic (exact) mass is 529 g/mol. The summed E-state index contributed by atoms with van der Waals surface area (Å²) in [6, 6.07) is 18.9. The van der Waals surface area contributed by atoms with Crippen LogP contribution in [0.2, 0.25) is 0 Å². The van der Waals surface area contributed by atoms with Crippen LogP contribution in [0.3, 0.4) is 0 Å². The van der Waals surface area contributed by atoms with E-state index in [1.54, 1.807) is 17.4 Å². The third kappa shape index (κ3) is 4.35. The average molecular weight is 530 g/mol. The number of fused-ring (bicyclic) bond motifs is 1. The topological polar surface area (TPSA) is 61.4 Å². The summed E-state index contributed by atoms with van der Waals surface area (Å²) in [5.74, 6) is 0.966. The molecule has 2 heterocycles. The Labute approximate surface area is 226 Å². The van der Waals surface area contributed by atoms with Crippen LogP contribution in [0.25, 0.3) is 10.4 Å². The molecule has 2 N–H and O–H groups in total. The number of nitrogens with zero attached hydrogens (tertiary/aromatic N) is 1. The number of thiophene rings is 1. The van der Waals surface area contributed by atoms with E-state index >= 15 is 0 Å². The van der Waals surface area contributed by atoms with Crippen LogP contribution in [-0.4, -0.2) is 34.3 Å². The maximum absolute atomic E-state index is 13.6. The fourth-order valence-corrected chi connectivity index (χ4v) is 8.96. The summed E-state index contributed by atoms with van der Waals surface area (Å²) >= 11 is 1.54. The van der Waals surface area contributed by atoms with E-state index < -0.39 is 0 Å². The van der Waals surface area contributed by atoms with Crippen molar-refractivity contribution in [1.82, 2.24) is 15.5 Å². The number of nitrogens with one attached hydrogen (secondary N) is 2. The number of rotatable bonds is 6. The van der Waals surface area contributed by atoms with Crippen molar-refractivity contribution in [3.05, 3.63) is 82.5 Å². The van der Waals surface area contributed by atoms with Gasteiger partial charge in [0.05, 0.1) is 11.4 Å². The van der Waals surface area contributed by atoms with E-state index in [0.717, 1.165) is 58.5 Å². The van der Waals surface area contributed by atoms with Crippen LogP contribution in [0.5, 0.6) is 0 Å². The molecule has 0 saturated heterocycles. The lowest BCUT2D eigenvalue weighted by molar-refractivity contribution is -0.132. The van der Waals surface area contributed by atoms with Crippen LogP contribution >= 0.6 is 11.3 Å². The third-order valence-electron chi connectivity index (χ3n) is 9.19. The van der Waals surface area contributed by atoms with Gasteiger partial charge in [-0.1, -0.05) is 36.4 Å². The summed E-state index contributed by atoms with van der Waals surface area (Å²) < 4.78 is 13.6. The van der Waals surface area contributed by atoms with Gasteiger partial charge >= 0.3 is 0 Å². The van der Waals surface area contributed by atoms with Crippen molar-refractivity contribution in [2.45, 2.75) is 62.7 Å². The predicted molar refractivity (Wildman–Crippen MR) is 146 cm³/mol. The van der Waals surface area contributed by atoms with Gasteiger partial charge in [0.1, 0.15) is 5.82 Å². The molecular weight excluding hydrogens is 497 g/mol. The van der Waals surface area contributed by atoms with E-state index in [-0.39, 0.29) is 35.3 Å². The first-order chi connectivity index (χ1) is 18.4. The fraction of sp³-hybridized carbons (Fsp3) is 0.419. The molecule has 1 aromatic heterocycles. The predicted octanol–water partition coefficient (Wildman–Crippen LogP) is 5.51. The van der Waals surface area contributed by atoms with Gasteiger partial charge < -0.3 is 15.5 Å². The van der Waals surface area contributed by atoms with Gasteiger partial charge in [0, 0.05) is 29.0 Å². The molecule has 38 heavy (non-hydrogen) atoms. The first-order valence-corrected chi connectivity index (χ1v) is 14.5. The molecule has 4 fully saturated rings. The molecule has 2 amide bonds. The van der Waals surface area contributed by atoms with Crippen molar-refractivity contribution >= 4 is 23.2 Å². The van der Waals surface area contributed by atoms with Gasteiger partial charge in [-0.25, -0.2) is 4.39 Å². The van der Waals surface area contributed by atoms with E-state index in [1.165, 1.54) is 18.6 Å². The molecule has 2 atom stereocenters. The Balaban J connectivity index is 1.03. The minimum absolute atomic E-state index is 0.0208. The molecule has 1 aliphatic heterocycles. The van der Waals surface area contributed by atoms with Crippen molar-refractivity contribution < 1.29 is 14.0 Å². The highest BCUT2D eigenvalue weighted by Crippen LogP contribution is 2.57. The minimum Gasteiger partial charge on any atom is -0.346 e. The van der Waals surface area contributed by atoms with Gasteiger partial charge in [0.2, 0.25) is 5.91 Å². The lowest BCUT2D eigenvalue weighted by Crippen LogP contribution is -2.69. The molecule has 196 valence electrons. The Morgan fingerprint density at radius 3 is 2.45 bits per heavy atom. The molecule has 3 aromatic rings. The van der Waals surface area contributed by atoms with Gasteiger partial charge in [-0.15, -0.1) is 11.3 Å². The zero-order valence-electron chi connectivity index (χ0n) is 21.3. The number of carbonyl (C=O) groups excluding carboxylic acids is 2. The molecule has 0 spiro atoms. The number of amides is 2. The molecule has 4 aliphatic carbocycles. The lowest BCUT2D eigenvalue weighted by atomic mass is 9.50. The van der Waals surface area contributed by atoms with E-state index in [1.807, 2.05) is 35.2 Å². The van der Waals surface area contributed by atoms with Crippen LogP contribution in [0.15, 0.2) is 60.7 Å². The number of carbonyl (C=O) groups is 2. The van der Waals surface area contributed by atoms with Crippen molar-refractivity contribution in [2.75, 3.05) is 6.54 Å². The highest BCUT2D eigenvalue weighted by atomic mass is 32.1.